The quantitative estimate of drug-likeness (QED) is 0.349. The molecule has 0 aliphatic carbocycles. The summed E-state index contributed by atoms with van der Waals surface area (Å²) in [6.45, 7) is 13.2. The summed E-state index contributed by atoms with van der Waals surface area (Å²) in [4.78, 5) is 17.5. The van der Waals surface area contributed by atoms with Crippen LogP contribution >= 0.6 is 0 Å². The smallest absolute Gasteiger partial charge is 0.254 e. The van der Waals surface area contributed by atoms with E-state index in [0.717, 1.165) is 61.5 Å². The van der Waals surface area contributed by atoms with E-state index >= 15 is 0 Å². The minimum absolute atomic E-state index is 0.0152. The molecule has 0 spiro atoms. The molecule has 0 atom stereocenters. The normalized spacial score (nSPS) is 19.0. The van der Waals surface area contributed by atoms with E-state index in [1.54, 1.807) is 18.1 Å². The number of hydrogen-bond acceptors (Lipinski definition) is 6. The van der Waals surface area contributed by atoms with Crippen molar-refractivity contribution in [2.45, 2.75) is 33.1 Å². The number of carbonyl (C=O) groups excluding carboxylic acids is 1. The van der Waals surface area contributed by atoms with E-state index in [1.807, 2.05) is 6.92 Å². The molecule has 158 valence electrons. The minimum atomic E-state index is 0.0152. The van der Waals surface area contributed by atoms with Crippen LogP contribution in [0.4, 0.5) is 0 Å². The lowest BCUT2D eigenvalue weighted by atomic mass is 9.95. The summed E-state index contributed by atoms with van der Waals surface area (Å²) in [7, 11) is 1.62. The largest absolute Gasteiger partial charge is 0.494 e. The van der Waals surface area contributed by atoms with Gasteiger partial charge >= 0.3 is 0 Å². The van der Waals surface area contributed by atoms with E-state index in [-0.39, 0.29) is 12.6 Å². The molecule has 28 heavy (non-hydrogen) atoms. The monoisotopic (exact) mass is 393 g/mol. The number of amides is 1. The number of allylic oxidation sites excluding steroid dienone is 2. The fourth-order valence-corrected chi connectivity index (χ4v) is 3.61. The minimum Gasteiger partial charge on any atom is -0.494 e. The van der Waals surface area contributed by atoms with Crippen molar-refractivity contribution in [2.24, 2.45) is 0 Å². The van der Waals surface area contributed by atoms with Crippen molar-refractivity contribution in [2.75, 3.05) is 60.0 Å². The Morgan fingerprint density at radius 1 is 1.36 bits per heavy atom. The summed E-state index contributed by atoms with van der Waals surface area (Å²) in [5.74, 6) is 0.757. The van der Waals surface area contributed by atoms with Crippen LogP contribution in [0.5, 0.6) is 0 Å². The molecule has 7 nitrogen and oxygen atoms in total. The van der Waals surface area contributed by atoms with Gasteiger partial charge in [0.1, 0.15) is 12.5 Å². The molecule has 0 bridgehead atoms. The van der Waals surface area contributed by atoms with Gasteiger partial charge in [-0.15, -0.1) is 0 Å². The second-order valence-electron chi connectivity index (χ2n) is 6.85. The van der Waals surface area contributed by atoms with Crippen molar-refractivity contribution in [1.82, 2.24) is 15.1 Å². The molecular weight excluding hydrogens is 358 g/mol. The third-order valence-electron chi connectivity index (χ3n) is 4.95. The number of nitrogens with zero attached hydrogens (tertiary/aromatic N) is 2. The molecule has 2 rings (SSSR count). The van der Waals surface area contributed by atoms with Gasteiger partial charge in [0, 0.05) is 43.6 Å². The molecule has 0 saturated carbocycles. The molecule has 0 radical (unpaired) electrons. The molecule has 7 heteroatoms. The molecule has 0 aromatic heterocycles. The Labute approximate surface area is 169 Å². The summed E-state index contributed by atoms with van der Waals surface area (Å²) >= 11 is 0. The van der Waals surface area contributed by atoms with Gasteiger partial charge in [-0.05, 0) is 32.3 Å². The Kier molecular flexibility index (Phi) is 9.54. The maximum absolute atomic E-state index is 13.5. The first-order chi connectivity index (χ1) is 13.7. The highest BCUT2D eigenvalue weighted by molar-refractivity contribution is 5.95. The molecule has 0 aromatic carbocycles. The number of morpholine rings is 1. The number of carbonyl (C=O) groups is 1. The van der Waals surface area contributed by atoms with Crippen molar-refractivity contribution in [3.05, 3.63) is 35.3 Å². The van der Waals surface area contributed by atoms with E-state index in [9.17, 15) is 4.79 Å². The van der Waals surface area contributed by atoms with Crippen LogP contribution in [0.1, 0.15) is 33.1 Å². The zero-order valence-electron chi connectivity index (χ0n) is 17.6. The lowest BCUT2D eigenvalue weighted by Gasteiger charge is -2.34. The van der Waals surface area contributed by atoms with Gasteiger partial charge in [-0.2, -0.15) is 0 Å². The Morgan fingerprint density at radius 3 is 2.71 bits per heavy atom. The Bertz CT molecular complexity index is 594. The van der Waals surface area contributed by atoms with Gasteiger partial charge in [-0.25, -0.2) is 0 Å². The fraction of sp³-hybridized carbons (Fsp3) is 0.667. The molecule has 1 amide bonds. The number of methoxy groups -OCH3 is 1. The molecule has 2 aliphatic heterocycles. The SMILES string of the molecule is C=C/C(OCC)=C(\CC)C1=C(C(=O)N(COC)CN2CCOCC2)CCCN1. The number of hydrogen-bond donors (Lipinski definition) is 1. The van der Waals surface area contributed by atoms with Crippen molar-refractivity contribution in [1.29, 1.82) is 0 Å². The molecule has 0 unspecified atom stereocenters. The van der Waals surface area contributed by atoms with Crippen LogP contribution in [0, 0.1) is 0 Å². The third kappa shape index (κ3) is 5.83. The van der Waals surface area contributed by atoms with Gasteiger partial charge < -0.3 is 24.4 Å². The van der Waals surface area contributed by atoms with Crippen LogP contribution in [0.2, 0.25) is 0 Å². The van der Waals surface area contributed by atoms with Crippen molar-refractivity contribution in [3.8, 4) is 0 Å². The topological polar surface area (TPSA) is 63.3 Å². The average Bonchev–Trinajstić information content (AvgIpc) is 2.74. The van der Waals surface area contributed by atoms with Crippen molar-refractivity contribution >= 4 is 5.91 Å². The lowest BCUT2D eigenvalue weighted by Crippen LogP contribution is -2.47. The third-order valence-corrected chi connectivity index (χ3v) is 4.95. The number of nitrogens with one attached hydrogen (secondary N) is 1. The first-order valence-electron chi connectivity index (χ1n) is 10.2. The highest BCUT2D eigenvalue weighted by Crippen LogP contribution is 2.27. The predicted molar refractivity (Wildman–Crippen MR) is 109 cm³/mol. The van der Waals surface area contributed by atoms with E-state index < -0.39 is 0 Å². The Hall–Kier alpha value is -1.83. The van der Waals surface area contributed by atoms with E-state index in [0.29, 0.717) is 26.5 Å². The summed E-state index contributed by atoms with van der Waals surface area (Å²) in [5, 5.41) is 3.45. The summed E-state index contributed by atoms with van der Waals surface area (Å²) in [5.41, 5.74) is 2.70. The first kappa shape index (κ1) is 22.5. The molecule has 2 aliphatic rings. The van der Waals surface area contributed by atoms with Crippen LogP contribution in [-0.4, -0.2) is 75.7 Å². The summed E-state index contributed by atoms with van der Waals surface area (Å²) in [6.07, 6.45) is 4.16. The van der Waals surface area contributed by atoms with Crippen LogP contribution < -0.4 is 5.32 Å². The predicted octanol–water partition coefficient (Wildman–Crippen LogP) is 2.23. The lowest BCUT2D eigenvalue weighted by molar-refractivity contribution is -0.136. The Balaban J connectivity index is 2.33. The second kappa shape index (κ2) is 11.9. The maximum Gasteiger partial charge on any atom is 0.254 e. The van der Waals surface area contributed by atoms with Gasteiger partial charge in [-0.1, -0.05) is 13.5 Å². The van der Waals surface area contributed by atoms with Gasteiger partial charge in [0.2, 0.25) is 0 Å². The van der Waals surface area contributed by atoms with Crippen molar-refractivity contribution in [3.63, 3.8) is 0 Å². The molecule has 1 fully saturated rings. The second-order valence-corrected chi connectivity index (χ2v) is 6.85. The van der Waals surface area contributed by atoms with Gasteiger partial charge in [0.15, 0.2) is 0 Å². The van der Waals surface area contributed by atoms with Crippen LogP contribution in [0.15, 0.2) is 35.3 Å². The molecule has 1 N–H and O–H groups in total. The zero-order valence-corrected chi connectivity index (χ0v) is 17.6. The highest BCUT2D eigenvalue weighted by atomic mass is 16.5. The summed E-state index contributed by atoms with van der Waals surface area (Å²) < 4.78 is 16.5. The van der Waals surface area contributed by atoms with Gasteiger partial charge in [0.25, 0.3) is 5.91 Å². The molecular formula is C21H35N3O4. The van der Waals surface area contributed by atoms with E-state index in [2.05, 4.69) is 23.7 Å². The summed E-state index contributed by atoms with van der Waals surface area (Å²) in [6, 6.07) is 0. The van der Waals surface area contributed by atoms with Crippen LogP contribution in [0.25, 0.3) is 0 Å². The standard InChI is InChI=1S/C21H35N3O4/c1-5-17(19(6-2)28-7-3)20-18(9-8-10-22-20)21(25)24(16-26-4)15-23-11-13-27-14-12-23/h6,22H,2,5,7-16H2,1,3-4H3/b19-17-. The maximum atomic E-state index is 13.5. The average molecular weight is 394 g/mol. The molecule has 2 heterocycles. The van der Waals surface area contributed by atoms with Crippen LogP contribution in [0.3, 0.4) is 0 Å². The van der Waals surface area contributed by atoms with Gasteiger partial charge in [0.05, 0.1) is 26.5 Å². The first-order valence-corrected chi connectivity index (χ1v) is 10.2. The Morgan fingerprint density at radius 2 is 2.11 bits per heavy atom. The highest BCUT2D eigenvalue weighted by Gasteiger charge is 2.28. The van der Waals surface area contributed by atoms with E-state index in [4.69, 9.17) is 14.2 Å². The molecule has 1 saturated heterocycles. The molecule has 0 aromatic rings. The number of rotatable bonds is 10. The number of ether oxygens (including phenoxy) is 3. The van der Waals surface area contributed by atoms with Crippen molar-refractivity contribution < 1.29 is 19.0 Å². The van der Waals surface area contributed by atoms with E-state index in [1.165, 1.54) is 0 Å². The van der Waals surface area contributed by atoms with Crippen LogP contribution in [-0.2, 0) is 19.0 Å². The van der Waals surface area contributed by atoms with Gasteiger partial charge in [-0.3, -0.25) is 9.69 Å². The fourth-order valence-electron chi connectivity index (χ4n) is 3.61. The zero-order chi connectivity index (χ0) is 20.4.